The Balaban J connectivity index is 2.39. The van der Waals surface area contributed by atoms with Crippen LogP contribution >= 0.6 is 23.4 Å². The highest BCUT2D eigenvalue weighted by atomic mass is 35.5. The lowest BCUT2D eigenvalue weighted by atomic mass is 10.2. The molecule has 5 nitrogen and oxygen atoms in total. The number of hydrogen-bond acceptors (Lipinski definition) is 4. The molecule has 19 heavy (non-hydrogen) atoms. The van der Waals surface area contributed by atoms with Crippen LogP contribution in [0.4, 0.5) is 0 Å². The molecule has 0 bridgehead atoms. The van der Waals surface area contributed by atoms with Crippen molar-refractivity contribution in [3.05, 3.63) is 39.3 Å². The highest BCUT2D eigenvalue weighted by Gasteiger charge is 2.13. The van der Waals surface area contributed by atoms with Gasteiger partial charge in [0, 0.05) is 18.0 Å². The summed E-state index contributed by atoms with van der Waals surface area (Å²) >= 11 is 7.64. The normalized spacial score (nSPS) is 10.9. The molecule has 1 aromatic heterocycles. The van der Waals surface area contributed by atoms with Gasteiger partial charge in [-0.1, -0.05) is 23.7 Å². The Hall–Kier alpha value is -1.24. The number of H-pyrrole nitrogens is 1. The quantitative estimate of drug-likeness (QED) is 0.887. The molecule has 1 aromatic carbocycles. The summed E-state index contributed by atoms with van der Waals surface area (Å²) in [6.45, 7) is 3.19. The average molecular weight is 299 g/mol. The molecule has 2 aromatic rings. The SMILES string of the molecule is CCn1c(Sc2c(Cl)cccc2CNC)n[nH]c1=O. The first kappa shape index (κ1) is 14.2. The minimum absolute atomic E-state index is 0.202. The van der Waals surface area contributed by atoms with Gasteiger partial charge in [0.1, 0.15) is 0 Å². The first-order chi connectivity index (χ1) is 9.17. The van der Waals surface area contributed by atoms with Crippen LogP contribution in [0.15, 0.2) is 33.0 Å². The van der Waals surface area contributed by atoms with Gasteiger partial charge in [0.2, 0.25) is 0 Å². The molecule has 0 spiro atoms. The molecule has 7 heteroatoms. The fraction of sp³-hybridized carbons (Fsp3) is 0.333. The zero-order valence-electron chi connectivity index (χ0n) is 10.7. The third-order valence-electron chi connectivity index (χ3n) is 2.65. The van der Waals surface area contributed by atoms with Crippen LogP contribution in [0.2, 0.25) is 5.02 Å². The fourth-order valence-electron chi connectivity index (χ4n) is 1.75. The van der Waals surface area contributed by atoms with Crippen LogP contribution in [0.3, 0.4) is 0 Å². The molecule has 2 rings (SSSR count). The molecule has 0 saturated carbocycles. The summed E-state index contributed by atoms with van der Waals surface area (Å²) in [6.07, 6.45) is 0. The molecule has 0 unspecified atom stereocenters. The summed E-state index contributed by atoms with van der Waals surface area (Å²) in [5.41, 5.74) is 0.880. The standard InChI is InChI=1S/C12H15ClN4OS/c1-3-17-11(18)15-16-12(17)19-10-8(7-14-2)5-4-6-9(10)13/h4-6,14H,3,7H2,1-2H3,(H,15,18). The van der Waals surface area contributed by atoms with Crippen molar-refractivity contribution in [1.29, 1.82) is 0 Å². The summed E-state index contributed by atoms with van der Waals surface area (Å²) in [7, 11) is 1.88. The number of nitrogens with zero attached hydrogens (tertiary/aromatic N) is 2. The van der Waals surface area contributed by atoms with E-state index in [0.29, 0.717) is 23.3 Å². The van der Waals surface area contributed by atoms with E-state index in [-0.39, 0.29) is 5.69 Å². The van der Waals surface area contributed by atoms with E-state index in [9.17, 15) is 4.79 Å². The largest absolute Gasteiger partial charge is 0.343 e. The Morgan fingerprint density at radius 2 is 2.32 bits per heavy atom. The zero-order chi connectivity index (χ0) is 13.8. The van der Waals surface area contributed by atoms with Crippen LogP contribution in [-0.2, 0) is 13.1 Å². The lowest BCUT2D eigenvalue weighted by Crippen LogP contribution is -2.16. The molecule has 0 radical (unpaired) electrons. The van der Waals surface area contributed by atoms with Crippen molar-refractivity contribution in [1.82, 2.24) is 20.1 Å². The van der Waals surface area contributed by atoms with E-state index >= 15 is 0 Å². The van der Waals surface area contributed by atoms with Gasteiger partial charge in [-0.15, -0.1) is 5.10 Å². The summed E-state index contributed by atoms with van der Waals surface area (Å²) in [5, 5.41) is 10.9. The highest BCUT2D eigenvalue weighted by molar-refractivity contribution is 7.99. The van der Waals surface area contributed by atoms with Crippen molar-refractivity contribution in [2.45, 2.75) is 30.1 Å². The van der Waals surface area contributed by atoms with Gasteiger partial charge in [-0.3, -0.25) is 4.57 Å². The number of nitrogens with one attached hydrogen (secondary N) is 2. The number of halogens is 1. The summed E-state index contributed by atoms with van der Waals surface area (Å²) < 4.78 is 1.58. The second-order valence-corrected chi connectivity index (χ2v) is 5.30. The molecule has 0 fully saturated rings. The van der Waals surface area contributed by atoms with Gasteiger partial charge in [0.05, 0.1) is 5.02 Å². The van der Waals surface area contributed by atoms with Gasteiger partial charge in [0.25, 0.3) is 0 Å². The van der Waals surface area contributed by atoms with E-state index in [1.54, 1.807) is 4.57 Å². The van der Waals surface area contributed by atoms with Crippen molar-refractivity contribution < 1.29 is 0 Å². The van der Waals surface area contributed by atoms with Gasteiger partial charge >= 0.3 is 5.69 Å². The second kappa shape index (κ2) is 6.27. The van der Waals surface area contributed by atoms with Crippen molar-refractivity contribution in [2.24, 2.45) is 0 Å². The van der Waals surface area contributed by atoms with E-state index in [1.807, 2.05) is 32.2 Å². The van der Waals surface area contributed by atoms with Gasteiger partial charge in [0.15, 0.2) is 5.16 Å². The van der Waals surface area contributed by atoms with Crippen molar-refractivity contribution in [3.63, 3.8) is 0 Å². The van der Waals surface area contributed by atoms with Crippen molar-refractivity contribution >= 4 is 23.4 Å². The summed E-state index contributed by atoms with van der Waals surface area (Å²) in [5.74, 6) is 0. The molecule has 1 heterocycles. The number of rotatable bonds is 5. The van der Waals surface area contributed by atoms with E-state index < -0.39 is 0 Å². The third-order valence-corrected chi connectivity index (χ3v) is 4.26. The van der Waals surface area contributed by atoms with Crippen LogP contribution in [0.5, 0.6) is 0 Å². The molecule has 102 valence electrons. The number of aromatic nitrogens is 3. The molecule has 0 aliphatic rings. The zero-order valence-corrected chi connectivity index (χ0v) is 12.3. The van der Waals surface area contributed by atoms with E-state index in [4.69, 9.17) is 11.6 Å². The smallest absolute Gasteiger partial charge is 0.316 e. The van der Waals surface area contributed by atoms with Crippen LogP contribution in [0.1, 0.15) is 12.5 Å². The monoisotopic (exact) mass is 298 g/mol. The Morgan fingerprint density at radius 1 is 1.53 bits per heavy atom. The van der Waals surface area contributed by atoms with Crippen LogP contribution in [-0.4, -0.2) is 21.8 Å². The van der Waals surface area contributed by atoms with Gasteiger partial charge in [-0.25, -0.2) is 9.89 Å². The molecular formula is C12H15ClN4OS. The first-order valence-corrected chi connectivity index (χ1v) is 7.11. The molecule has 0 aliphatic heterocycles. The Bertz CT molecular complexity index is 622. The topological polar surface area (TPSA) is 62.7 Å². The maximum atomic E-state index is 11.5. The van der Waals surface area contributed by atoms with E-state index in [1.165, 1.54) is 11.8 Å². The minimum Gasteiger partial charge on any atom is -0.316 e. The van der Waals surface area contributed by atoms with Gasteiger partial charge < -0.3 is 5.32 Å². The number of benzene rings is 1. The van der Waals surface area contributed by atoms with Gasteiger partial charge in [-0.05, 0) is 37.4 Å². The Labute approximate surface area is 120 Å². The Kier molecular flexibility index (Phi) is 4.68. The number of hydrogen-bond donors (Lipinski definition) is 2. The van der Waals surface area contributed by atoms with Crippen LogP contribution < -0.4 is 11.0 Å². The highest BCUT2D eigenvalue weighted by Crippen LogP contribution is 2.34. The predicted molar refractivity (Wildman–Crippen MR) is 76.9 cm³/mol. The minimum atomic E-state index is -0.202. The molecule has 0 amide bonds. The van der Waals surface area contributed by atoms with Crippen LogP contribution in [0, 0.1) is 0 Å². The van der Waals surface area contributed by atoms with Gasteiger partial charge in [-0.2, -0.15) is 0 Å². The van der Waals surface area contributed by atoms with E-state index in [0.717, 1.165) is 10.5 Å². The summed E-state index contributed by atoms with van der Waals surface area (Å²) in [4.78, 5) is 12.5. The lowest BCUT2D eigenvalue weighted by Gasteiger charge is -2.10. The lowest BCUT2D eigenvalue weighted by molar-refractivity contribution is 0.660. The molecule has 0 atom stereocenters. The molecule has 0 aliphatic carbocycles. The summed E-state index contributed by atoms with van der Waals surface area (Å²) in [6, 6.07) is 5.76. The predicted octanol–water partition coefficient (Wildman–Crippen LogP) is 2.12. The Morgan fingerprint density at radius 3 is 3.00 bits per heavy atom. The maximum absolute atomic E-state index is 11.5. The molecular weight excluding hydrogens is 284 g/mol. The molecule has 2 N–H and O–H groups in total. The first-order valence-electron chi connectivity index (χ1n) is 5.92. The van der Waals surface area contributed by atoms with Crippen LogP contribution in [0.25, 0.3) is 0 Å². The second-order valence-electron chi connectivity index (χ2n) is 3.92. The number of aromatic amines is 1. The van der Waals surface area contributed by atoms with Crippen molar-refractivity contribution in [2.75, 3.05) is 7.05 Å². The van der Waals surface area contributed by atoms with E-state index in [2.05, 4.69) is 15.5 Å². The fourth-order valence-corrected chi connectivity index (χ4v) is 3.09. The maximum Gasteiger partial charge on any atom is 0.343 e. The van der Waals surface area contributed by atoms with Crippen molar-refractivity contribution in [3.8, 4) is 0 Å². The average Bonchev–Trinajstić information content (AvgIpc) is 2.74. The molecule has 0 saturated heterocycles. The third kappa shape index (κ3) is 3.02.